The smallest absolute Gasteiger partial charge is 0.126 e. The highest BCUT2D eigenvalue weighted by molar-refractivity contribution is 5.62. The van der Waals surface area contributed by atoms with Crippen molar-refractivity contribution in [3.05, 3.63) is 208 Å². The summed E-state index contributed by atoms with van der Waals surface area (Å²) in [7, 11) is 7.35. The molecule has 7 aromatic carbocycles. The second kappa shape index (κ2) is 23.0. The third-order valence-electron chi connectivity index (χ3n) is 17.5. The highest BCUT2D eigenvalue weighted by Gasteiger charge is 2.31. The first kappa shape index (κ1) is 61.9. The van der Waals surface area contributed by atoms with Crippen molar-refractivity contribution in [2.45, 2.75) is 209 Å². The van der Waals surface area contributed by atoms with Crippen molar-refractivity contribution in [2.75, 3.05) is 28.4 Å². The molecule has 2 heterocycles. The number of benzene rings is 7. The van der Waals surface area contributed by atoms with Crippen LogP contribution in [0.25, 0.3) is 0 Å². The quantitative estimate of drug-likeness (QED) is 0.175. The lowest BCUT2D eigenvalue weighted by molar-refractivity contribution is 0.293. The van der Waals surface area contributed by atoms with E-state index in [9.17, 15) is 0 Å². The van der Waals surface area contributed by atoms with Gasteiger partial charge in [0.25, 0.3) is 0 Å². The van der Waals surface area contributed by atoms with Crippen molar-refractivity contribution < 1.29 is 28.4 Å². The van der Waals surface area contributed by atoms with Crippen LogP contribution in [0.2, 0.25) is 0 Å². The lowest BCUT2D eigenvalue weighted by Crippen LogP contribution is -2.17. The molecule has 2 aliphatic heterocycles. The number of rotatable bonds is 4. The molecule has 0 fully saturated rings. The lowest BCUT2D eigenvalue weighted by atomic mass is 9.79. The molecule has 10 rings (SSSR count). The van der Waals surface area contributed by atoms with E-state index in [-0.39, 0.29) is 32.5 Å². The Labute approximate surface area is 506 Å². The van der Waals surface area contributed by atoms with Gasteiger partial charge in [-0.05, 0) is 150 Å². The number of fused-ring (bicyclic) bond motifs is 2. The standard InChI is InChI=1S/C78H98O6/c1-73(2,3)61-33-49-27-51-35-62(74(4,5)6)37-53(68(51)80-20)29-57-41-65(77(13,14)15)43-59-31-55-39-64(76(10,11)12)40-56(70(55)82-22)32-60-44-66(78(16,17)18)42-58(72(60)84-46-48-25-23-24-47(26-48)45-83-71(57)59)30-54-38-63(75(7,8)9)36-52(69(54)81-21)28-50(34-61)67(49)79-19/h23-26,33-44H,27-32,45-46H2,1-22H3. The molecule has 6 heteroatoms. The second-order valence-electron chi connectivity index (χ2n) is 30.5. The Hall–Kier alpha value is -6.66. The number of ether oxygens (including phenoxy) is 6. The van der Waals surface area contributed by atoms with E-state index in [2.05, 4.69) is 222 Å². The van der Waals surface area contributed by atoms with Gasteiger partial charge in [-0.25, -0.2) is 0 Å². The van der Waals surface area contributed by atoms with E-state index >= 15 is 0 Å². The van der Waals surface area contributed by atoms with Crippen LogP contribution in [0.15, 0.2) is 97.1 Å². The summed E-state index contributed by atoms with van der Waals surface area (Å²) in [6.07, 6.45) is 3.53. The minimum Gasteiger partial charge on any atom is -0.496 e. The van der Waals surface area contributed by atoms with Gasteiger partial charge in [0.1, 0.15) is 47.7 Å². The van der Waals surface area contributed by atoms with Crippen LogP contribution in [0.1, 0.15) is 236 Å². The molecule has 0 amide bonds. The maximum Gasteiger partial charge on any atom is 0.126 e. The fourth-order valence-corrected chi connectivity index (χ4v) is 12.5. The van der Waals surface area contributed by atoms with Crippen molar-refractivity contribution in [2.24, 2.45) is 0 Å². The summed E-state index contributed by atoms with van der Waals surface area (Å²) >= 11 is 0. The Bertz CT molecular complexity index is 3390. The van der Waals surface area contributed by atoms with E-state index < -0.39 is 0 Å². The van der Waals surface area contributed by atoms with Crippen LogP contribution in [0.4, 0.5) is 0 Å². The molecule has 16 bridgehead atoms. The van der Waals surface area contributed by atoms with Crippen LogP contribution in [0.3, 0.4) is 0 Å². The minimum absolute atomic E-state index is 0.163. The molecule has 6 nitrogen and oxygen atoms in total. The van der Waals surface area contributed by atoms with Crippen LogP contribution in [-0.4, -0.2) is 28.4 Å². The average molecular weight is 1130 g/mol. The lowest BCUT2D eigenvalue weighted by Gasteiger charge is -2.29. The molecule has 0 saturated carbocycles. The zero-order valence-corrected chi connectivity index (χ0v) is 55.3. The van der Waals surface area contributed by atoms with Crippen molar-refractivity contribution in [1.82, 2.24) is 0 Å². The minimum atomic E-state index is -0.182. The van der Waals surface area contributed by atoms with Crippen LogP contribution < -0.4 is 28.4 Å². The molecule has 446 valence electrons. The summed E-state index contributed by atoms with van der Waals surface area (Å²) in [5.41, 5.74) is 22.0. The van der Waals surface area contributed by atoms with Crippen LogP contribution in [-0.2, 0) is 84.2 Å². The van der Waals surface area contributed by atoms with E-state index in [4.69, 9.17) is 28.4 Å². The Kier molecular flexibility index (Phi) is 16.9. The van der Waals surface area contributed by atoms with Gasteiger partial charge in [-0.15, -0.1) is 0 Å². The van der Waals surface area contributed by atoms with E-state index in [1.807, 2.05) is 28.4 Å². The van der Waals surface area contributed by atoms with E-state index in [1.54, 1.807) is 0 Å². The van der Waals surface area contributed by atoms with E-state index in [1.165, 1.54) is 33.4 Å². The van der Waals surface area contributed by atoms with Gasteiger partial charge >= 0.3 is 0 Å². The van der Waals surface area contributed by atoms with E-state index in [0.717, 1.165) is 112 Å². The normalized spacial score (nSPS) is 14.4. The number of methoxy groups -OCH3 is 4. The van der Waals surface area contributed by atoms with Gasteiger partial charge in [-0.1, -0.05) is 216 Å². The molecule has 84 heavy (non-hydrogen) atoms. The van der Waals surface area contributed by atoms with Gasteiger partial charge in [0.15, 0.2) is 0 Å². The van der Waals surface area contributed by atoms with Crippen molar-refractivity contribution in [3.63, 3.8) is 0 Å². The molecule has 0 aromatic heterocycles. The average Bonchev–Trinajstić information content (AvgIpc) is 2.77. The maximum absolute atomic E-state index is 7.42. The van der Waals surface area contributed by atoms with Gasteiger partial charge in [0.05, 0.1) is 28.4 Å². The summed E-state index contributed by atoms with van der Waals surface area (Å²) < 4.78 is 41.8. The van der Waals surface area contributed by atoms with Gasteiger partial charge in [-0.3, -0.25) is 0 Å². The third kappa shape index (κ3) is 13.2. The molecular weight excluding hydrogens is 1030 g/mol. The predicted octanol–water partition coefficient (Wildman–Crippen LogP) is 18.8. The summed E-state index contributed by atoms with van der Waals surface area (Å²) in [5.74, 6) is 5.31. The Morgan fingerprint density at radius 3 is 0.619 bits per heavy atom. The molecule has 0 unspecified atom stereocenters. The van der Waals surface area contributed by atoms with Gasteiger partial charge in [0.2, 0.25) is 0 Å². The molecule has 0 spiro atoms. The van der Waals surface area contributed by atoms with Gasteiger partial charge in [-0.2, -0.15) is 0 Å². The molecule has 0 atom stereocenters. The van der Waals surface area contributed by atoms with Crippen molar-refractivity contribution >= 4 is 0 Å². The summed E-state index contributed by atoms with van der Waals surface area (Å²) in [6.45, 7) is 42.4. The SMILES string of the molecule is COc1c2cc(C(C)(C)C)cc1Cc1cc(C(C)(C)C)cc(c1OC)Cc1cc(C(C)(C)C)cc3c1OCc1cccc(c1)COc1c(cc(C(C)(C)C)cc1Cc1cc(C(C)(C)C)cc(c1OC)C3)Cc1cc(C(C)(C)C)cc(c1OC)C2. The molecule has 1 aliphatic carbocycles. The second-order valence-corrected chi connectivity index (χ2v) is 30.5. The molecule has 0 saturated heterocycles. The molecule has 3 aliphatic rings. The highest BCUT2D eigenvalue weighted by Crippen LogP contribution is 2.46. The van der Waals surface area contributed by atoms with Crippen LogP contribution in [0, 0.1) is 0 Å². The molecule has 7 aromatic rings. The number of hydrogen-bond acceptors (Lipinski definition) is 6. The zero-order chi connectivity index (χ0) is 61.2. The van der Waals surface area contributed by atoms with Crippen LogP contribution >= 0.6 is 0 Å². The Balaban J connectivity index is 1.47. The first-order chi connectivity index (χ1) is 39.2. The Morgan fingerprint density at radius 1 is 0.262 bits per heavy atom. The van der Waals surface area contributed by atoms with Gasteiger partial charge < -0.3 is 28.4 Å². The monoisotopic (exact) mass is 1130 g/mol. The first-order valence-corrected chi connectivity index (χ1v) is 30.6. The summed E-state index contributed by atoms with van der Waals surface area (Å²) in [6, 6.07) is 37.5. The van der Waals surface area contributed by atoms with Crippen LogP contribution in [0.5, 0.6) is 34.5 Å². The summed E-state index contributed by atoms with van der Waals surface area (Å²) in [5, 5.41) is 0. The van der Waals surface area contributed by atoms with E-state index in [0.29, 0.717) is 51.7 Å². The summed E-state index contributed by atoms with van der Waals surface area (Å²) in [4.78, 5) is 0. The Morgan fingerprint density at radius 2 is 0.440 bits per heavy atom. The first-order valence-electron chi connectivity index (χ1n) is 30.6. The fourth-order valence-electron chi connectivity index (χ4n) is 12.5. The fraction of sp³-hybridized carbons (Fsp3) is 0.462. The molecule has 0 radical (unpaired) electrons. The third-order valence-corrected chi connectivity index (χ3v) is 17.5. The molecule has 0 N–H and O–H groups in total. The largest absolute Gasteiger partial charge is 0.496 e. The van der Waals surface area contributed by atoms with Crippen molar-refractivity contribution in [1.29, 1.82) is 0 Å². The molecular formula is C78H98O6. The predicted molar refractivity (Wildman–Crippen MR) is 349 cm³/mol. The van der Waals surface area contributed by atoms with Crippen molar-refractivity contribution in [3.8, 4) is 34.5 Å². The topological polar surface area (TPSA) is 55.4 Å². The number of hydrogen-bond donors (Lipinski definition) is 0. The maximum atomic E-state index is 7.42. The van der Waals surface area contributed by atoms with Gasteiger partial charge in [0, 0.05) is 38.5 Å². The zero-order valence-electron chi connectivity index (χ0n) is 55.3. The highest BCUT2D eigenvalue weighted by atomic mass is 16.5.